The number of hydrogen-bond acceptors (Lipinski definition) is 1. The molecule has 0 aliphatic carbocycles. The predicted molar refractivity (Wildman–Crippen MR) is 86.3 cm³/mol. The Morgan fingerprint density at radius 3 is 2.00 bits per heavy atom. The van der Waals surface area contributed by atoms with Gasteiger partial charge in [-0.2, -0.15) is 0 Å². The minimum absolute atomic E-state index is 0.0215. The number of benzene rings is 2. The molecule has 1 unspecified atom stereocenters. The summed E-state index contributed by atoms with van der Waals surface area (Å²) in [5.41, 5.74) is 7.49. The molecule has 4 heteroatoms. The summed E-state index contributed by atoms with van der Waals surface area (Å²) in [7, 11) is 0. The monoisotopic (exact) mass is 385 g/mol. The van der Waals surface area contributed by atoms with Gasteiger partial charge in [-0.15, -0.1) is 0 Å². The van der Waals surface area contributed by atoms with Crippen molar-refractivity contribution in [2.45, 2.75) is 12.3 Å². The van der Waals surface area contributed by atoms with Crippen LogP contribution in [0, 0.1) is 3.57 Å². The average molecular weight is 386 g/mol. The fourth-order valence-electron chi connectivity index (χ4n) is 2.02. The number of halogens is 2. The van der Waals surface area contributed by atoms with E-state index in [1.807, 2.05) is 48.5 Å². The normalized spacial score (nSPS) is 12.1. The third-order valence-electron chi connectivity index (χ3n) is 2.95. The van der Waals surface area contributed by atoms with E-state index in [0.29, 0.717) is 11.4 Å². The Balaban J connectivity index is 2.37. The smallest absolute Gasteiger partial charge is 0.218 e. The number of carbonyl (C=O) groups is 1. The van der Waals surface area contributed by atoms with Crippen LogP contribution in [-0.4, -0.2) is 5.91 Å². The third-order valence-corrected chi connectivity index (χ3v) is 3.92. The topological polar surface area (TPSA) is 43.1 Å². The number of carbonyl (C=O) groups excluding carboxylic acids is 1. The van der Waals surface area contributed by atoms with Crippen LogP contribution in [0.25, 0.3) is 0 Å². The quantitative estimate of drug-likeness (QED) is 0.796. The second-order valence-electron chi connectivity index (χ2n) is 4.33. The number of rotatable bonds is 4. The Morgan fingerprint density at radius 2 is 1.53 bits per heavy atom. The summed E-state index contributed by atoms with van der Waals surface area (Å²) >= 11 is 8.15. The molecule has 0 spiro atoms. The first kappa shape index (κ1) is 14.3. The SMILES string of the molecule is NC(=O)CC(c1ccc(Cl)cc1)c1ccc(I)cc1. The van der Waals surface area contributed by atoms with E-state index in [2.05, 4.69) is 22.6 Å². The molecule has 2 N–H and O–H groups in total. The summed E-state index contributed by atoms with van der Waals surface area (Å²) < 4.78 is 1.16. The van der Waals surface area contributed by atoms with Gasteiger partial charge < -0.3 is 5.73 Å². The summed E-state index contributed by atoms with van der Waals surface area (Å²) in [5, 5.41) is 0.684. The zero-order valence-corrected chi connectivity index (χ0v) is 13.1. The van der Waals surface area contributed by atoms with Crippen LogP contribution in [0.1, 0.15) is 23.5 Å². The van der Waals surface area contributed by atoms with E-state index < -0.39 is 0 Å². The van der Waals surface area contributed by atoms with Crippen LogP contribution in [0.4, 0.5) is 0 Å². The first-order valence-electron chi connectivity index (χ1n) is 5.85. The Morgan fingerprint density at radius 1 is 1.05 bits per heavy atom. The standard InChI is InChI=1S/C15H13ClINO/c16-12-5-1-10(2-6-12)14(9-15(18)19)11-3-7-13(17)8-4-11/h1-8,14H,9H2,(H2,18,19). The van der Waals surface area contributed by atoms with Crippen molar-refractivity contribution in [2.75, 3.05) is 0 Å². The van der Waals surface area contributed by atoms with Crippen molar-refractivity contribution in [3.05, 3.63) is 68.3 Å². The molecule has 1 atom stereocenters. The lowest BCUT2D eigenvalue weighted by molar-refractivity contribution is -0.118. The zero-order valence-electron chi connectivity index (χ0n) is 10.1. The average Bonchev–Trinajstić information content (AvgIpc) is 2.38. The lowest BCUT2D eigenvalue weighted by Gasteiger charge is -2.16. The highest BCUT2D eigenvalue weighted by Crippen LogP contribution is 2.29. The summed E-state index contributed by atoms with van der Waals surface area (Å²) in [6.45, 7) is 0. The van der Waals surface area contributed by atoms with E-state index in [-0.39, 0.29) is 11.8 Å². The van der Waals surface area contributed by atoms with Crippen LogP contribution in [0.2, 0.25) is 5.02 Å². The van der Waals surface area contributed by atoms with E-state index in [9.17, 15) is 4.79 Å². The predicted octanol–water partition coefficient (Wildman–Crippen LogP) is 3.95. The third kappa shape index (κ3) is 3.94. The van der Waals surface area contributed by atoms with Crippen LogP contribution in [0.15, 0.2) is 48.5 Å². The van der Waals surface area contributed by atoms with Crippen molar-refractivity contribution in [3.63, 3.8) is 0 Å². The number of hydrogen-bond donors (Lipinski definition) is 1. The zero-order chi connectivity index (χ0) is 13.8. The van der Waals surface area contributed by atoms with E-state index in [0.717, 1.165) is 14.7 Å². The summed E-state index contributed by atoms with van der Waals surface area (Å²) in [6, 6.07) is 15.7. The van der Waals surface area contributed by atoms with Gasteiger partial charge in [-0.1, -0.05) is 35.9 Å². The Kier molecular flexibility index (Phi) is 4.82. The molecule has 0 heterocycles. The van der Waals surface area contributed by atoms with Crippen molar-refractivity contribution in [1.82, 2.24) is 0 Å². The molecular weight excluding hydrogens is 373 g/mol. The first-order chi connectivity index (χ1) is 9.06. The van der Waals surface area contributed by atoms with Crippen LogP contribution in [-0.2, 0) is 4.79 Å². The fraction of sp³-hybridized carbons (Fsp3) is 0.133. The molecule has 0 radical (unpaired) electrons. The van der Waals surface area contributed by atoms with Crippen LogP contribution in [0.3, 0.4) is 0 Å². The molecule has 0 aliphatic heterocycles. The number of nitrogens with two attached hydrogens (primary N) is 1. The van der Waals surface area contributed by atoms with Gasteiger partial charge in [0.25, 0.3) is 0 Å². The molecule has 0 saturated heterocycles. The summed E-state index contributed by atoms with van der Waals surface area (Å²) in [5.74, 6) is -0.328. The molecule has 0 fully saturated rings. The Hall–Kier alpha value is -1.07. The van der Waals surface area contributed by atoms with Gasteiger partial charge in [0.1, 0.15) is 0 Å². The molecule has 0 bridgehead atoms. The highest BCUT2D eigenvalue weighted by molar-refractivity contribution is 14.1. The molecular formula is C15H13ClINO. The molecule has 0 saturated carbocycles. The molecule has 98 valence electrons. The highest BCUT2D eigenvalue weighted by Gasteiger charge is 2.16. The summed E-state index contributed by atoms with van der Waals surface area (Å²) in [6.07, 6.45) is 0.294. The second-order valence-corrected chi connectivity index (χ2v) is 6.01. The minimum atomic E-state index is -0.307. The lowest BCUT2D eigenvalue weighted by Crippen LogP contribution is -2.16. The number of primary amides is 1. The van der Waals surface area contributed by atoms with Crippen molar-refractivity contribution in [1.29, 1.82) is 0 Å². The Bertz CT molecular complexity index is 520. The highest BCUT2D eigenvalue weighted by atomic mass is 127. The van der Waals surface area contributed by atoms with E-state index >= 15 is 0 Å². The van der Waals surface area contributed by atoms with Crippen LogP contribution in [0.5, 0.6) is 0 Å². The number of amides is 1. The maximum absolute atomic E-state index is 11.3. The lowest BCUT2D eigenvalue weighted by atomic mass is 9.88. The molecule has 2 aromatic rings. The van der Waals surface area contributed by atoms with Gasteiger partial charge in [0.05, 0.1) is 0 Å². The molecule has 1 amide bonds. The van der Waals surface area contributed by atoms with Crippen molar-refractivity contribution in [3.8, 4) is 0 Å². The second kappa shape index (κ2) is 6.39. The first-order valence-corrected chi connectivity index (χ1v) is 7.31. The van der Waals surface area contributed by atoms with E-state index in [4.69, 9.17) is 17.3 Å². The fourth-order valence-corrected chi connectivity index (χ4v) is 2.51. The van der Waals surface area contributed by atoms with Crippen LogP contribution >= 0.6 is 34.2 Å². The van der Waals surface area contributed by atoms with Gasteiger partial charge in [-0.3, -0.25) is 4.79 Å². The maximum atomic E-state index is 11.3. The van der Waals surface area contributed by atoms with Crippen molar-refractivity contribution >= 4 is 40.1 Å². The molecule has 19 heavy (non-hydrogen) atoms. The van der Waals surface area contributed by atoms with Gasteiger partial charge in [0.2, 0.25) is 5.91 Å². The van der Waals surface area contributed by atoms with Gasteiger partial charge in [-0.25, -0.2) is 0 Å². The molecule has 2 aromatic carbocycles. The summed E-state index contributed by atoms with van der Waals surface area (Å²) in [4.78, 5) is 11.3. The van der Waals surface area contributed by atoms with Crippen molar-refractivity contribution < 1.29 is 4.79 Å². The molecule has 2 rings (SSSR count). The minimum Gasteiger partial charge on any atom is -0.370 e. The van der Waals surface area contributed by atoms with Crippen molar-refractivity contribution in [2.24, 2.45) is 5.73 Å². The van der Waals surface area contributed by atoms with E-state index in [1.54, 1.807) is 0 Å². The molecule has 2 nitrogen and oxygen atoms in total. The largest absolute Gasteiger partial charge is 0.370 e. The van der Waals surface area contributed by atoms with E-state index in [1.165, 1.54) is 0 Å². The maximum Gasteiger partial charge on any atom is 0.218 e. The van der Waals surface area contributed by atoms with Gasteiger partial charge >= 0.3 is 0 Å². The Labute approximate surface area is 131 Å². The van der Waals surface area contributed by atoms with Gasteiger partial charge in [0, 0.05) is 20.9 Å². The van der Waals surface area contributed by atoms with Gasteiger partial charge in [0.15, 0.2) is 0 Å². The molecule has 0 aromatic heterocycles. The van der Waals surface area contributed by atoms with Gasteiger partial charge in [-0.05, 0) is 58.0 Å². The molecule has 0 aliphatic rings. The van der Waals surface area contributed by atoms with Crippen LogP contribution < -0.4 is 5.73 Å².